The number of ketones is 1. The van der Waals surface area contributed by atoms with Gasteiger partial charge in [0, 0.05) is 12.0 Å². The molecule has 132 valence electrons. The highest BCUT2D eigenvalue weighted by molar-refractivity contribution is 7.12. The van der Waals surface area contributed by atoms with Gasteiger partial charge in [-0.3, -0.25) is 14.4 Å². The molecule has 0 saturated carbocycles. The number of hydrogen-bond acceptors (Lipinski definition) is 6. The molecule has 0 fully saturated rings. The molecular formula is C18H19NO5S. The molecule has 0 bridgehead atoms. The van der Waals surface area contributed by atoms with E-state index in [2.05, 4.69) is 5.32 Å². The number of Topliss-reactive ketones (excluding diaryl/α,β-unsaturated/α-hetero) is 1. The Bertz CT molecular complexity index is 710. The van der Waals surface area contributed by atoms with Crippen molar-refractivity contribution in [3.63, 3.8) is 0 Å². The highest BCUT2D eigenvalue weighted by Crippen LogP contribution is 2.12. The van der Waals surface area contributed by atoms with Crippen LogP contribution in [0.15, 0.2) is 41.8 Å². The number of carbonyl (C=O) groups excluding carboxylic acids is 3. The quantitative estimate of drug-likeness (QED) is 0.422. The Hall–Kier alpha value is -2.67. The maximum atomic E-state index is 11.9. The largest absolute Gasteiger partial charge is 0.497 e. The van der Waals surface area contributed by atoms with Gasteiger partial charge in [-0.15, -0.1) is 11.3 Å². The fraction of sp³-hybridized carbons (Fsp3) is 0.278. The Labute approximate surface area is 149 Å². The molecule has 1 aromatic carbocycles. The molecule has 25 heavy (non-hydrogen) atoms. The maximum absolute atomic E-state index is 11.9. The summed E-state index contributed by atoms with van der Waals surface area (Å²) >= 11 is 1.39. The molecule has 0 aliphatic carbocycles. The van der Waals surface area contributed by atoms with E-state index < -0.39 is 5.97 Å². The van der Waals surface area contributed by atoms with Crippen molar-refractivity contribution in [2.24, 2.45) is 0 Å². The molecule has 7 heteroatoms. The number of hydrogen-bond donors (Lipinski definition) is 1. The van der Waals surface area contributed by atoms with Crippen molar-refractivity contribution < 1.29 is 23.9 Å². The van der Waals surface area contributed by atoms with Crippen LogP contribution in [0, 0.1) is 0 Å². The second-order valence-corrected chi connectivity index (χ2v) is 6.08. The lowest BCUT2D eigenvalue weighted by Gasteiger charge is -2.07. The Kier molecular flexibility index (Phi) is 7.16. The topological polar surface area (TPSA) is 81.7 Å². The number of ether oxygens (including phenoxy) is 2. The minimum atomic E-state index is -0.537. The summed E-state index contributed by atoms with van der Waals surface area (Å²) in [5, 5.41) is 4.33. The van der Waals surface area contributed by atoms with Crippen molar-refractivity contribution in [1.29, 1.82) is 0 Å². The fourth-order valence-electron chi connectivity index (χ4n) is 2.03. The molecule has 0 radical (unpaired) electrons. The first-order valence-corrected chi connectivity index (χ1v) is 8.62. The molecule has 0 unspecified atom stereocenters. The first-order chi connectivity index (χ1) is 12.1. The van der Waals surface area contributed by atoms with Gasteiger partial charge in [-0.2, -0.15) is 0 Å². The van der Waals surface area contributed by atoms with E-state index in [-0.39, 0.29) is 24.8 Å². The molecule has 2 aromatic rings. The third-order valence-corrected chi connectivity index (χ3v) is 4.26. The van der Waals surface area contributed by atoms with Crippen molar-refractivity contribution in [2.75, 3.05) is 20.3 Å². The number of nitrogens with one attached hydrogen (secondary N) is 1. The van der Waals surface area contributed by atoms with E-state index in [1.807, 2.05) is 11.4 Å². The Morgan fingerprint density at radius 1 is 1.12 bits per heavy atom. The van der Waals surface area contributed by atoms with Crippen LogP contribution in [-0.4, -0.2) is 37.9 Å². The minimum Gasteiger partial charge on any atom is -0.497 e. The van der Waals surface area contributed by atoms with E-state index in [9.17, 15) is 14.4 Å². The Morgan fingerprint density at radius 2 is 1.88 bits per heavy atom. The van der Waals surface area contributed by atoms with Gasteiger partial charge in [0.2, 0.25) is 0 Å². The molecule has 1 N–H and O–H groups in total. The van der Waals surface area contributed by atoms with Gasteiger partial charge in [-0.25, -0.2) is 0 Å². The van der Waals surface area contributed by atoms with E-state index in [1.165, 1.54) is 11.3 Å². The van der Waals surface area contributed by atoms with Gasteiger partial charge in [-0.1, -0.05) is 6.07 Å². The predicted octanol–water partition coefficient (Wildman–Crippen LogP) is 2.69. The number of thiophene rings is 1. The van der Waals surface area contributed by atoms with Crippen LogP contribution in [-0.2, 0) is 9.53 Å². The molecule has 6 nitrogen and oxygen atoms in total. The van der Waals surface area contributed by atoms with Crippen LogP contribution in [0.5, 0.6) is 5.75 Å². The second-order valence-electron chi connectivity index (χ2n) is 5.14. The average Bonchev–Trinajstić information content (AvgIpc) is 3.18. The molecule has 2 rings (SSSR count). The van der Waals surface area contributed by atoms with Crippen molar-refractivity contribution in [3.05, 3.63) is 52.2 Å². The van der Waals surface area contributed by atoms with Gasteiger partial charge < -0.3 is 14.8 Å². The second kappa shape index (κ2) is 9.58. The van der Waals surface area contributed by atoms with Gasteiger partial charge in [0.1, 0.15) is 12.3 Å². The summed E-state index contributed by atoms with van der Waals surface area (Å²) in [6, 6.07) is 10.1. The standard InChI is InChI=1S/C18H19NO5S/c1-23-14-8-6-13(7-9-14)18(22)19-12-17(21)24-10-2-4-15(20)16-5-3-11-25-16/h3,5-9,11H,2,4,10,12H2,1H3,(H,19,22). The van der Waals surface area contributed by atoms with Crippen LogP contribution in [0.4, 0.5) is 0 Å². The maximum Gasteiger partial charge on any atom is 0.325 e. The van der Waals surface area contributed by atoms with E-state index in [0.29, 0.717) is 29.0 Å². The first kappa shape index (κ1) is 18.7. The SMILES string of the molecule is COc1ccc(C(=O)NCC(=O)OCCCC(=O)c2cccs2)cc1. The highest BCUT2D eigenvalue weighted by Gasteiger charge is 2.10. The van der Waals surface area contributed by atoms with Gasteiger partial charge in [0.25, 0.3) is 5.91 Å². The van der Waals surface area contributed by atoms with Crippen LogP contribution in [0.25, 0.3) is 0 Å². The summed E-state index contributed by atoms with van der Waals surface area (Å²) in [5.74, 6) is -0.218. The lowest BCUT2D eigenvalue weighted by atomic mass is 10.2. The molecule has 0 aliphatic heterocycles. The van der Waals surface area contributed by atoms with Crippen LogP contribution in [0.3, 0.4) is 0 Å². The number of benzene rings is 1. The summed E-state index contributed by atoms with van der Waals surface area (Å²) in [7, 11) is 1.54. The Morgan fingerprint density at radius 3 is 2.52 bits per heavy atom. The lowest BCUT2D eigenvalue weighted by Crippen LogP contribution is -2.30. The lowest BCUT2D eigenvalue weighted by molar-refractivity contribution is -0.142. The van der Waals surface area contributed by atoms with Crippen molar-refractivity contribution in [1.82, 2.24) is 5.32 Å². The summed E-state index contributed by atoms with van der Waals surface area (Å²) in [6.45, 7) is -0.0713. The van der Waals surface area contributed by atoms with E-state index in [4.69, 9.17) is 9.47 Å². The van der Waals surface area contributed by atoms with Crippen LogP contribution in [0.2, 0.25) is 0 Å². The smallest absolute Gasteiger partial charge is 0.325 e. The van der Waals surface area contributed by atoms with Gasteiger partial charge >= 0.3 is 5.97 Å². The van der Waals surface area contributed by atoms with Crippen molar-refractivity contribution >= 4 is 29.0 Å². The van der Waals surface area contributed by atoms with Crippen molar-refractivity contribution in [2.45, 2.75) is 12.8 Å². The number of esters is 1. The van der Waals surface area contributed by atoms with Gasteiger partial charge in [0.05, 0.1) is 18.6 Å². The van der Waals surface area contributed by atoms with E-state index in [1.54, 1.807) is 37.4 Å². The summed E-state index contributed by atoms with van der Waals surface area (Å²) < 4.78 is 10.0. The van der Waals surface area contributed by atoms with Crippen molar-refractivity contribution in [3.8, 4) is 5.75 Å². The fourth-order valence-corrected chi connectivity index (χ4v) is 2.72. The number of amides is 1. The molecule has 0 saturated heterocycles. The minimum absolute atomic E-state index is 0.0406. The molecule has 0 spiro atoms. The van der Waals surface area contributed by atoms with Crippen LogP contribution in [0.1, 0.15) is 32.9 Å². The zero-order chi connectivity index (χ0) is 18.1. The van der Waals surface area contributed by atoms with Gasteiger partial charge in [0.15, 0.2) is 5.78 Å². The number of carbonyl (C=O) groups is 3. The third-order valence-electron chi connectivity index (χ3n) is 3.35. The Balaban J connectivity index is 1.63. The van der Waals surface area contributed by atoms with E-state index >= 15 is 0 Å². The molecule has 1 amide bonds. The molecule has 0 aliphatic rings. The van der Waals surface area contributed by atoms with Crippen LogP contribution < -0.4 is 10.1 Å². The van der Waals surface area contributed by atoms with E-state index in [0.717, 1.165) is 0 Å². The normalized spacial score (nSPS) is 10.1. The molecule has 0 atom stereocenters. The highest BCUT2D eigenvalue weighted by atomic mass is 32.1. The third kappa shape index (κ3) is 6.04. The summed E-state index contributed by atoms with van der Waals surface area (Å²) in [4.78, 5) is 36.0. The molecule has 1 heterocycles. The average molecular weight is 361 g/mol. The molecule has 1 aromatic heterocycles. The molecular weight excluding hydrogens is 342 g/mol. The number of rotatable bonds is 9. The zero-order valence-electron chi connectivity index (χ0n) is 13.8. The summed E-state index contributed by atoms with van der Waals surface area (Å²) in [6.07, 6.45) is 0.779. The first-order valence-electron chi connectivity index (χ1n) is 7.74. The monoisotopic (exact) mass is 361 g/mol. The summed E-state index contributed by atoms with van der Waals surface area (Å²) in [5.41, 5.74) is 0.426. The van der Waals surface area contributed by atoms with Crippen LogP contribution >= 0.6 is 11.3 Å². The predicted molar refractivity (Wildman–Crippen MR) is 94.2 cm³/mol. The van der Waals surface area contributed by atoms with Gasteiger partial charge in [-0.05, 0) is 42.1 Å². The number of methoxy groups -OCH3 is 1. The zero-order valence-corrected chi connectivity index (χ0v) is 14.6.